The van der Waals surface area contributed by atoms with Gasteiger partial charge in [0.1, 0.15) is 5.60 Å². The van der Waals surface area contributed by atoms with E-state index in [-0.39, 0.29) is 12.5 Å². The largest absolute Gasteiger partial charge is 0.481 e. The predicted molar refractivity (Wildman–Crippen MR) is 66.3 cm³/mol. The van der Waals surface area contributed by atoms with Crippen LogP contribution in [0.4, 0.5) is 4.79 Å². The Morgan fingerprint density at radius 3 is 2.65 bits per heavy atom. The first-order chi connectivity index (χ1) is 7.79. The Morgan fingerprint density at radius 2 is 2.12 bits per heavy atom. The highest BCUT2D eigenvalue weighted by Gasteiger charge is 2.31. The zero-order valence-electron chi connectivity index (χ0n) is 10.4. The number of carboxylic acid groups (broad SMARTS) is 1. The average Bonchev–Trinajstić information content (AvgIpc) is 2.14. The van der Waals surface area contributed by atoms with E-state index in [9.17, 15) is 9.59 Å². The van der Waals surface area contributed by atoms with Gasteiger partial charge in [0.25, 0.3) is 0 Å². The van der Waals surface area contributed by atoms with Crippen molar-refractivity contribution in [3.05, 3.63) is 0 Å². The summed E-state index contributed by atoms with van der Waals surface area (Å²) in [6, 6.07) is -0.263. The van der Waals surface area contributed by atoms with E-state index in [0.29, 0.717) is 12.3 Å². The molecule has 1 heterocycles. The van der Waals surface area contributed by atoms with Crippen LogP contribution < -0.4 is 0 Å². The van der Waals surface area contributed by atoms with Crippen LogP contribution in [0.1, 0.15) is 27.2 Å². The van der Waals surface area contributed by atoms with Crippen LogP contribution in [0.3, 0.4) is 0 Å². The van der Waals surface area contributed by atoms with Crippen LogP contribution in [0.25, 0.3) is 0 Å². The normalized spacial score (nSPS) is 21.1. The first-order valence-corrected chi connectivity index (χ1v) is 6.74. The zero-order valence-corrected chi connectivity index (χ0v) is 11.2. The summed E-state index contributed by atoms with van der Waals surface area (Å²) in [5, 5.41) is 8.81. The second-order valence-electron chi connectivity index (χ2n) is 5.00. The van der Waals surface area contributed by atoms with Crippen LogP contribution in [0.2, 0.25) is 0 Å². The summed E-state index contributed by atoms with van der Waals surface area (Å²) in [7, 11) is 0. The van der Waals surface area contributed by atoms with Gasteiger partial charge >= 0.3 is 12.1 Å². The van der Waals surface area contributed by atoms with Crippen LogP contribution in [-0.4, -0.2) is 51.8 Å². The van der Waals surface area contributed by atoms with E-state index in [2.05, 4.69) is 0 Å². The molecule has 1 unspecified atom stereocenters. The molecule has 0 spiro atoms. The number of thioether (sulfide) groups is 1. The minimum Gasteiger partial charge on any atom is -0.481 e. The van der Waals surface area contributed by atoms with Crippen LogP contribution in [0.5, 0.6) is 0 Å². The van der Waals surface area contributed by atoms with Crippen LogP contribution >= 0.6 is 11.8 Å². The molecule has 0 aromatic carbocycles. The third-order valence-electron chi connectivity index (χ3n) is 2.27. The van der Waals surface area contributed by atoms with Crippen molar-refractivity contribution in [3.8, 4) is 0 Å². The van der Waals surface area contributed by atoms with Crippen molar-refractivity contribution in [2.45, 2.75) is 38.8 Å². The molecule has 0 saturated carbocycles. The fraction of sp³-hybridized carbons (Fsp3) is 0.818. The van der Waals surface area contributed by atoms with E-state index in [1.165, 1.54) is 4.90 Å². The van der Waals surface area contributed by atoms with Crippen LogP contribution in [-0.2, 0) is 9.53 Å². The number of hydrogen-bond donors (Lipinski definition) is 1. The molecule has 1 rings (SSSR count). The van der Waals surface area contributed by atoms with Gasteiger partial charge in [-0.2, -0.15) is 11.8 Å². The molecule has 17 heavy (non-hydrogen) atoms. The molecule has 0 aliphatic carbocycles. The van der Waals surface area contributed by atoms with Crippen LogP contribution in [0.15, 0.2) is 0 Å². The smallest absolute Gasteiger partial charge is 0.410 e. The van der Waals surface area contributed by atoms with Gasteiger partial charge in [0.15, 0.2) is 0 Å². The number of rotatable bonds is 2. The molecule has 0 aromatic rings. The fourth-order valence-corrected chi connectivity index (χ4v) is 2.65. The second-order valence-corrected chi connectivity index (χ2v) is 6.15. The highest BCUT2D eigenvalue weighted by Crippen LogP contribution is 2.21. The van der Waals surface area contributed by atoms with E-state index in [4.69, 9.17) is 9.84 Å². The number of carbonyl (C=O) groups excluding carboxylic acids is 1. The van der Waals surface area contributed by atoms with Crippen molar-refractivity contribution in [1.29, 1.82) is 0 Å². The van der Waals surface area contributed by atoms with E-state index >= 15 is 0 Å². The van der Waals surface area contributed by atoms with Gasteiger partial charge in [-0.3, -0.25) is 4.79 Å². The number of nitrogens with zero attached hydrogens (tertiary/aromatic N) is 1. The Balaban J connectivity index is 2.64. The number of ether oxygens (including phenoxy) is 1. The number of amides is 1. The molecule has 1 N–H and O–H groups in total. The number of carbonyl (C=O) groups is 2. The van der Waals surface area contributed by atoms with Gasteiger partial charge < -0.3 is 14.7 Å². The minimum atomic E-state index is -0.883. The topological polar surface area (TPSA) is 66.8 Å². The van der Waals surface area contributed by atoms with Gasteiger partial charge in [0.05, 0.1) is 12.5 Å². The van der Waals surface area contributed by atoms with Gasteiger partial charge in [-0.1, -0.05) is 0 Å². The monoisotopic (exact) mass is 261 g/mol. The fourth-order valence-electron chi connectivity index (χ4n) is 1.59. The molecule has 5 nitrogen and oxygen atoms in total. The molecule has 1 amide bonds. The number of carboxylic acids is 1. The molecule has 98 valence electrons. The summed E-state index contributed by atoms with van der Waals surface area (Å²) in [4.78, 5) is 24.2. The Kier molecular flexibility index (Phi) is 4.68. The van der Waals surface area contributed by atoms with E-state index in [0.717, 1.165) is 5.75 Å². The summed E-state index contributed by atoms with van der Waals surface area (Å²) in [6.45, 7) is 5.96. The molecule has 1 saturated heterocycles. The number of aliphatic carboxylic acids is 1. The molecule has 0 radical (unpaired) electrons. The Bertz CT molecular complexity index is 300. The summed E-state index contributed by atoms with van der Waals surface area (Å²) < 4.78 is 5.27. The highest BCUT2D eigenvalue weighted by atomic mass is 32.2. The maximum Gasteiger partial charge on any atom is 0.410 e. The summed E-state index contributed by atoms with van der Waals surface area (Å²) in [5.41, 5.74) is -0.546. The standard InChI is InChI=1S/C11H19NO4S/c1-11(2,3)16-10(15)12-4-5-17-7-8(12)6-9(13)14/h8H,4-7H2,1-3H3,(H,13,14). The lowest BCUT2D eigenvalue weighted by Crippen LogP contribution is -2.48. The third-order valence-corrected chi connectivity index (χ3v) is 3.36. The lowest BCUT2D eigenvalue weighted by atomic mass is 10.2. The number of hydrogen-bond acceptors (Lipinski definition) is 4. The zero-order chi connectivity index (χ0) is 13.1. The van der Waals surface area contributed by atoms with Gasteiger partial charge in [-0.25, -0.2) is 4.79 Å². The van der Waals surface area contributed by atoms with Crippen molar-refractivity contribution in [3.63, 3.8) is 0 Å². The van der Waals surface area contributed by atoms with Crippen molar-refractivity contribution < 1.29 is 19.4 Å². The molecule has 1 aliphatic heterocycles. The first-order valence-electron chi connectivity index (χ1n) is 5.59. The van der Waals surface area contributed by atoms with Gasteiger partial charge in [0, 0.05) is 18.1 Å². The van der Waals surface area contributed by atoms with Crippen molar-refractivity contribution in [1.82, 2.24) is 4.90 Å². The summed E-state index contributed by atoms with van der Waals surface area (Å²) >= 11 is 1.67. The minimum absolute atomic E-state index is 0.0216. The Hall–Kier alpha value is -0.910. The third kappa shape index (κ3) is 4.85. The molecular weight excluding hydrogens is 242 g/mol. The molecule has 0 bridgehead atoms. The molecule has 1 atom stereocenters. The van der Waals surface area contributed by atoms with E-state index in [1.807, 2.05) is 0 Å². The van der Waals surface area contributed by atoms with Crippen molar-refractivity contribution >= 4 is 23.8 Å². The Morgan fingerprint density at radius 1 is 1.47 bits per heavy atom. The van der Waals surface area contributed by atoms with Crippen molar-refractivity contribution in [2.24, 2.45) is 0 Å². The quantitative estimate of drug-likeness (QED) is 0.821. The maximum absolute atomic E-state index is 11.9. The first kappa shape index (κ1) is 14.2. The summed E-state index contributed by atoms with van der Waals surface area (Å²) in [5.74, 6) is 0.604. The molecule has 0 aromatic heterocycles. The van der Waals surface area contributed by atoms with E-state index < -0.39 is 17.7 Å². The second kappa shape index (κ2) is 5.62. The van der Waals surface area contributed by atoms with Crippen LogP contribution in [0, 0.1) is 0 Å². The lowest BCUT2D eigenvalue weighted by Gasteiger charge is -2.35. The van der Waals surface area contributed by atoms with Gasteiger partial charge in [-0.15, -0.1) is 0 Å². The average molecular weight is 261 g/mol. The Labute approximate surface area is 105 Å². The highest BCUT2D eigenvalue weighted by molar-refractivity contribution is 7.99. The molecular formula is C11H19NO4S. The van der Waals surface area contributed by atoms with Crippen molar-refractivity contribution in [2.75, 3.05) is 18.1 Å². The van der Waals surface area contributed by atoms with E-state index in [1.54, 1.807) is 32.5 Å². The summed E-state index contributed by atoms with van der Waals surface area (Å²) in [6.07, 6.45) is -0.435. The SMILES string of the molecule is CC(C)(C)OC(=O)N1CCSCC1CC(=O)O. The predicted octanol–water partition coefficient (Wildman–Crippen LogP) is 1.81. The van der Waals surface area contributed by atoms with Gasteiger partial charge in [0.2, 0.25) is 0 Å². The molecule has 1 fully saturated rings. The molecule has 1 aliphatic rings. The lowest BCUT2D eigenvalue weighted by molar-refractivity contribution is -0.138. The maximum atomic E-state index is 11.9. The van der Waals surface area contributed by atoms with Gasteiger partial charge in [-0.05, 0) is 20.8 Å². The molecule has 6 heteroatoms.